The van der Waals surface area contributed by atoms with Crippen LogP contribution in [0.25, 0.3) is 0 Å². The molecule has 3 nitrogen and oxygen atoms in total. The fourth-order valence-electron chi connectivity index (χ4n) is 1.23. The number of alkyl halides is 2. The second kappa shape index (κ2) is 6.04. The second-order valence-electron chi connectivity index (χ2n) is 4.92. The molecule has 0 aliphatic carbocycles. The Morgan fingerprint density at radius 1 is 1.39 bits per heavy atom. The molecule has 1 rings (SSSR count). The number of hydrogen-bond donors (Lipinski definition) is 1. The van der Waals surface area contributed by atoms with Crippen molar-refractivity contribution < 1.29 is 17.9 Å². The van der Waals surface area contributed by atoms with E-state index in [2.05, 4.69) is 10.3 Å². The van der Waals surface area contributed by atoms with E-state index in [1.54, 1.807) is 0 Å². The van der Waals surface area contributed by atoms with Crippen molar-refractivity contribution in [2.24, 2.45) is 0 Å². The number of ether oxygens (including phenoxy) is 1. The Bertz CT molecular complexity index is 391. The molecule has 1 heterocycles. The van der Waals surface area contributed by atoms with E-state index in [0.29, 0.717) is 12.1 Å². The summed E-state index contributed by atoms with van der Waals surface area (Å²) in [6.45, 7) is 5.38. The minimum absolute atomic E-state index is 0.0356. The maximum absolute atomic E-state index is 13.1. The molecule has 0 radical (unpaired) electrons. The summed E-state index contributed by atoms with van der Waals surface area (Å²) >= 11 is 0. The number of rotatable bonds is 5. The van der Waals surface area contributed by atoms with E-state index in [4.69, 9.17) is 4.74 Å². The van der Waals surface area contributed by atoms with Crippen molar-refractivity contribution in [1.29, 1.82) is 0 Å². The van der Waals surface area contributed by atoms with Gasteiger partial charge in [-0.3, -0.25) is 0 Å². The van der Waals surface area contributed by atoms with Crippen LogP contribution in [0.4, 0.5) is 13.2 Å². The van der Waals surface area contributed by atoms with Gasteiger partial charge < -0.3 is 10.1 Å². The standard InChI is InChI=1S/C12H17F3N2O/c1-12(2,3)17-5-8-4-9(13)6-16-11(8)18-7-10(14)15/h4,6,10,17H,5,7H2,1-3H3. The summed E-state index contributed by atoms with van der Waals surface area (Å²) in [5, 5.41) is 3.12. The van der Waals surface area contributed by atoms with Gasteiger partial charge >= 0.3 is 0 Å². The van der Waals surface area contributed by atoms with Crippen LogP contribution < -0.4 is 10.1 Å². The molecular weight excluding hydrogens is 245 g/mol. The summed E-state index contributed by atoms with van der Waals surface area (Å²) < 4.78 is 42.1. The van der Waals surface area contributed by atoms with Crippen molar-refractivity contribution in [3.63, 3.8) is 0 Å². The van der Waals surface area contributed by atoms with Crippen LogP contribution >= 0.6 is 0 Å². The molecule has 0 saturated carbocycles. The lowest BCUT2D eigenvalue weighted by Crippen LogP contribution is -2.35. The maximum atomic E-state index is 13.1. The van der Waals surface area contributed by atoms with E-state index < -0.39 is 18.8 Å². The van der Waals surface area contributed by atoms with E-state index in [1.165, 1.54) is 6.07 Å². The lowest BCUT2D eigenvalue weighted by Gasteiger charge is -2.21. The predicted octanol–water partition coefficient (Wildman–Crippen LogP) is 2.75. The number of aromatic nitrogens is 1. The van der Waals surface area contributed by atoms with Crippen molar-refractivity contribution in [3.8, 4) is 5.88 Å². The summed E-state index contributed by atoms with van der Waals surface area (Å²) in [5.74, 6) is -0.487. The fraction of sp³-hybridized carbons (Fsp3) is 0.583. The van der Waals surface area contributed by atoms with Gasteiger partial charge in [-0.25, -0.2) is 18.2 Å². The van der Waals surface area contributed by atoms with E-state index in [9.17, 15) is 13.2 Å². The Hall–Kier alpha value is -1.30. The summed E-state index contributed by atoms with van der Waals surface area (Å²) in [6, 6.07) is 1.23. The molecule has 0 spiro atoms. The van der Waals surface area contributed by atoms with E-state index >= 15 is 0 Å². The van der Waals surface area contributed by atoms with Crippen molar-refractivity contribution in [2.45, 2.75) is 39.3 Å². The van der Waals surface area contributed by atoms with Crippen LogP contribution in [0.2, 0.25) is 0 Å². The molecule has 0 amide bonds. The second-order valence-corrected chi connectivity index (χ2v) is 4.92. The Labute approximate surface area is 104 Å². The molecule has 0 fully saturated rings. The van der Waals surface area contributed by atoms with Crippen LogP contribution in [0.3, 0.4) is 0 Å². The first-order valence-corrected chi connectivity index (χ1v) is 5.58. The summed E-state index contributed by atoms with van der Waals surface area (Å²) in [6.07, 6.45) is -1.64. The monoisotopic (exact) mass is 262 g/mol. The maximum Gasteiger partial charge on any atom is 0.272 e. The number of nitrogens with zero attached hydrogens (tertiary/aromatic N) is 1. The number of nitrogens with one attached hydrogen (secondary N) is 1. The molecule has 0 bridgehead atoms. The van der Waals surface area contributed by atoms with Gasteiger partial charge in [-0.2, -0.15) is 0 Å². The van der Waals surface area contributed by atoms with Gasteiger partial charge in [-0.15, -0.1) is 0 Å². The normalized spacial score (nSPS) is 11.9. The SMILES string of the molecule is CC(C)(C)NCc1cc(F)cnc1OCC(F)F. The highest BCUT2D eigenvalue weighted by Crippen LogP contribution is 2.17. The molecule has 0 atom stereocenters. The molecule has 1 N–H and O–H groups in total. The van der Waals surface area contributed by atoms with Gasteiger partial charge in [0, 0.05) is 17.6 Å². The lowest BCUT2D eigenvalue weighted by molar-refractivity contribution is 0.0788. The summed E-state index contributed by atoms with van der Waals surface area (Å²) in [4.78, 5) is 3.68. The van der Waals surface area contributed by atoms with E-state index in [-0.39, 0.29) is 11.4 Å². The van der Waals surface area contributed by atoms with Gasteiger partial charge in [0.1, 0.15) is 5.82 Å². The quantitative estimate of drug-likeness (QED) is 0.886. The molecule has 6 heteroatoms. The highest BCUT2D eigenvalue weighted by molar-refractivity contribution is 5.26. The smallest absolute Gasteiger partial charge is 0.272 e. The molecule has 1 aromatic heterocycles. The molecule has 0 aliphatic heterocycles. The van der Waals surface area contributed by atoms with Gasteiger partial charge in [0.25, 0.3) is 6.43 Å². The summed E-state index contributed by atoms with van der Waals surface area (Å²) in [7, 11) is 0. The highest BCUT2D eigenvalue weighted by atomic mass is 19.3. The fourth-order valence-corrected chi connectivity index (χ4v) is 1.23. The van der Waals surface area contributed by atoms with Crippen LogP contribution in [0.15, 0.2) is 12.3 Å². The minimum atomic E-state index is -2.58. The zero-order valence-corrected chi connectivity index (χ0v) is 10.6. The zero-order chi connectivity index (χ0) is 13.8. The molecule has 102 valence electrons. The molecule has 1 aromatic rings. The van der Waals surface area contributed by atoms with Gasteiger partial charge in [0.05, 0.1) is 6.20 Å². The molecular formula is C12H17F3N2O. The highest BCUT2D eigenvalue weighted by Gasteiger charge is 2.14. The zero-order valence-electron chi connectivity index (χ0n) is 10.6. The largest absolute Gasteiger partial charge is 0.471 e. The first-order chi connectivity index (χ1) is 8.28. The van der Waals surface area contributed by atoms with Gasteiger partial charge in [0.2, 0.25) is 5.88 Å². The Balaban J connectivity index is 2.76. The van der Waals surface area contributed by atoms with Gasteiger partial charge in [0.15, 0.2) is 6.61 Å². The number of pyridine rings is 1. The third-order valence-electron chi connectivity index (χ3n) is 2.05. The Morgan fingerprint density at radius 3 is 2.61 bits per heavy atom. The number of halogens is 3. The third-order valence-corrected chi connectivity index (χ3v) is 2.05. The molecule has 0 aromatic carbocycles. The van der Waals surface area contributed by atoms with Crippen LogP contribution in [0, 0.1) is 5.82 Å². The Morgan fingerprint density at radius 2 is 2.06 bits per heavy atom. The average molecular weight is 262 g/mol. The van der Waals surface area contributed by atoms with Crippen molar-refractivity contribution in [3.05, 3.63) is 23.6 Å². The first-order valence-electron chi connectivity index (χ1n) is 5.58. The minimum Gasteiger partial charge on any atom is -0.471 e. The average Bonchev–Trinajstić information content (AvgIpc) is 2.23. The lowest BCUT2D eigenvalue weighted by atomic mass is 10.1. The third kappa shape index (κ3) is 5.35. The first kappa shape index (κ1) is 14.8. The van der Waals surface area contributed by atoms with Crippen LogP contribution in [0.5, 0.6) is 5.88 Å². The van der Waals surface area contributed by atoms with Gasteiger partial charge in [-0.1, -0.05) is 0 Å². The molecule has 0 unspecified atom stereocenters. The van der Waals surface area contributed by atoms with E-state index in [0.717, 1.165) is 6.20 Å². The van der Waals surface area contributed by atoms with Crippen LogP contribution in [-0.2, 0) is 6.54 Å². The van der Waals surface area contributed by atoms with Crippen LogP contribution in [0.1, 0.15) is 26.3 Å². The molecule has 0 saturated heterocycles. The van der Waals surface area contributed by atoms with Gasteiger partial charge in [-0.05, 0) is 26.8 Å². The van der Waals surface area contributed by atoms with Crippen molar-refractivity contribution in [2.75, 3.05) is 6.61 Å². The van der Waals surface area contributed by atoms with Crippen LogP contribution in [-0.4, -0.2) is 23.6 Å². The molecule has 18 heavy (non-hydrogen) atoms. The van der Waals surface area contributed by atoms with E-state index in [1.807, 2.05) is 20.8 Å². The summed E-state index contributed by atoms with van der Waals surface area (Å²) in [5.41, 5.74) is 0.248. The van der Waals surface area contributed by atoms with Crippen molar-refractivity contribution >= 4 is 0 Å². The molecule has 0 aliphatic rings. The number of hydrogen-bond acceptors (Lipinski definition) is 3. The van der Waals surface area contributed by atoms with Crippen molar-refractivity contribution in [1.82, 2.24) is 10.3 Å². The topological polar surface area (TPSA) is 34.2 Å². The predicted molar refractivity (Wildman–Crippen MR) is 62.3 cm³/mol. The Kier molecular flexibility index (Phi) is 4.95.